The van der Waals surface area contributed by atoms with Gasteiger partial charge in [0, 0.05) is 25.6 Å². The Morgan fingerprint density at radius 1 is 1.00 bits per heavy atom. The molecule has 0 saturated heterocycles. The van der Waals surface area contributed by atoms with Gasteiger partial charge in [0.25, 0.3) is 0 Å². The van der Waals surface area contributed by atoms with Gasteiger partial charge in [-0.2, -0.15) is 0 Å². The van der Waals surface area contributed by atoms with E-state index in [-0.39, 0.29) is 24.0 Å². The van der Waals surface area contributed by atoms with Crippen LogP contribution in [0, 0.1) is 40.4 Å². The summed E-state index contributed by atoms with van der Waals surface area (Å²) in [5, 5.41) is 27.3. The molecular weight excluding hydrogens is 508 g/mol. The van der Waals surface area contributed by atoms with Crippen LogP contribution in [0.2, 0.25) is 0 Å². The highest BCUT2D eigenvalue weighted by atomic mass is 16.7. The second kappa shape index (κ2) is 12.3. The van der Waals surface area contributed by atoms with Crippen LogP contribution in [0.5, 0.6) is 0 Å². The van der Waals surface area contributed by atoms with Gasteiger partial charge in [-0.15, -0.1) is 0 Å². The van der Waals surface area contributed by atoms with Crippen LogP contribution in [-0.2, 0) is 9.63 Å². The van der Waals surface area contributed by atoms with Crippen LogP contribution < -0.4 is 5.32 Å². The molecule has 0 aromatic heterocycles. The van der Waals surface area contributed by atoms with Crippen LogP contribution in [0.15, 0.2) is 5.16 Å². The fourth-order valence-corrected chi connectivity index (χ4v) is 9.31. The Balaban J connectivity index is 1.36. The van der Waals surface area contributed by atoms with Crippen molar-refractivity contribution in [2.24, 2.45) is 45.6 Å². The number of aliphatic hydroxyl groups is 1. The molecule has 0 unspecified atom stereocenters. The number of oxime groups is 1. The van der Waals surface area contributed by atoms with Gasteiger partial charge in [0.15, 0.2) is 0 Å². The number of fused-ring (bicyclic) bond motifs is 5. The zero-order chi connectivity index (χ0) is 29.3. The summed E-state index contributed by atoms with van der Waals surface area (Å²) in [5.41, 5.74) is 1.36. The topological polar surface area (TPSA) is 111 Å². The predicted octanol–water partition coefficient (Wildman–Crippen LogP) is 4.20. The molecule has 0 aromatic rings. The number of nitrogens with one attached hydrogen (secondary N) is 1. The molecule has 4 aliphatic rings. The molecule has 0 spiro atoms. The van der Waals surface area contributed by atoms with Crippen LogP contribution in [0.25, 0.3) is 0 Å². The Bertz CT molecular complexity index is 951. The molecule has 0 heterocycles. The van der Waals surface area contributed by atoms with Gasteiger partial charge in [0.2, 0.25) is 0 Å². The molecule has 0 bridgehead atoms. The number of rotatable bonds is 10. The second-order valence-electron chi connectivity index (χ2n) is 14.9. The molecule has 9 nitrogen and oxygen atoms in total. The summed E-state index contributed by atoms with van der Waals surface area (Å²) in [7, 11) is 6.34. The first kappa shape index (κ1) is 31.2. The molecule has 3 N–H and O–H groups in total. The Morgan fingerprint density at radius 2 is 1.70 bits per heavy atom. The van der Waals surface area contributed by atoms with Gasteiger partial charge < -0.3 is 20.0 Å². The first-order chi connectivity index (χ1) is 18.7. The Morgan fingerprint density at radius 3 is 2.40 bits per heavy atom. The number of carboxylic acids is 1. The number of aliphatic carboxylic acids is 1. The minimum atomic E-state index is -1.07. The quantitative estimate of drug-likeness (QED) is 0.121. The summed E-state index contributed by atoms with van der Waals surface area (Å²) in [6.07, 6.45) is 9.42. The third-order valence-electron chi connectivity index (χ3n) is 11.5. The summed E-state index contributed by atoms with van der Waals surface area (Å²) >= 11 is 0. The maximum atomic E-state index is 12.8. The summed E-state index contributed by atoms with van der Waals surface area (Å²) in [6, 6.07) is 0. The van der Waals surface area contributed by atoms with E-state index in [1.165, 1.54) is 37.0 Å². The average molecular weight is 564 g/mol. The van der Waals surface area contributed by atoms with Crippen molar-refractivity contribution in [2.75, 3.05) is 53.9 Å². The molecule has 4 aliphatic carbocycles. The maximum absolute atomic E-state index is 12.8. The second-order valence-corrected chi connectivity index (χ2v) is 14.9. The van der Waals surface area contributed by atoms with Crippen molar-refractivity contribution in [3.63, 3.8) is 0 Å². The zero-order valence-corrected chi connectivity index (χ0v) is 25.8. The summed E-state index contributed by atoms with van der Waals surface area (Å²) < 4.78 is 0.828. The van der Waals surface area contributed by atoms with Crippen molar-refractivity contribution in [2.45, 2.75) is 84.7 Å². The molecule has 0 radical (unpaired) electrons. The lowest BCUT2D eigenvalue weighted by atomic mass is 9.44. The molecule has 8 atom stereocenters. The van der Waals surface area contributed by atoms with E-state index in [1.807, 2.05) is 6.92 Å². The molecule has 4 saturated carbocycles. The maximum Gasteiger partial charge on any atom is 0.436 e. The first-order valence-electron chi connectivity index (χ1n) is 15.7. The summed E-state index contributed by atoms with van der Waals surface area (Å²) in [4.78, 5) is 30.8. The Hall–Kier alpha value is -1.71. The van der Waals surface area contributed by atoms with Crippen molar-refractivity contribution >= 4 is 17.8 Å². The van der Waals surface area contributed by atoms with Gasteiger partial charge in [0.1, 0.15) is 6.54 Å². The standard InChI is InChI=1S/C31H54N4O5/c1-21(33-40-29(39)34(20-28(37)38)17-15-32-16-18-35(4,5)6)25-9-10-26-24-8-7-22-19-23(36)11-13-30(22,2)27(24)12-14-31(25,26)3/h22-27,32,36H,7-20H2,1-6H3/p+1/b33-21+/t22-,23+,24+,25-,26+,27+,30+,31-/m1/s1. The highest BCUT2D eigenvalue weighted by Crippen LogP contribution is 2.67. The number of hydrogen-bond acceptors (Lipinski definition) is 6. The normalized spacial score (nSPS) is 37.7. The van der Waals surface area contributed by atoms with Crippen molar-refractivity contribution in [3.05, 3.63) is 0 Å². The van der Waals surface area contributed by atoms with Gasteiger partial charge in [-0.3, -0.25) is 14.5 Å². The van der Waals surface area contributed by atoms with E-state index in [4.69, 9.17) is 4.84 Å². The number of hydrogen-bond donors (Lipinski definition) is 3. The Labute approximate surface area is 241 Å². The highest BCUT2D eigenvalue weighted by molar-refractivity contribution is 5.86. The molecule has 40 heavy (non-hydrogen) atoms. The lowest BCUT2D eigenvalue weighted by Gasteiger charge is -2.61. The number of carbonyl (C=O) groups excluding carboxylic acids is 1. The number of likely N-dealkylation sites (N-methyl/N-ethyl adjacent to an activating group) is 1. The lowest BCUT2D eigenvalue weighted by Crippen LogP contribution is -2.54. The number of quaternary nitrogens is 1. The number of carbonyl (C=O) groups is 2. The molecule has 1 amide bonds. The van der Waals surface area contributed by atoms with Gasteiger partial charge >= 0.3 is 12.1 Å². The van der Waals surface area contributed by atoms with E-state index in [9.17, 15) is 19.8 Å². The number of aliphatic hydroxyl groups excluding tert-OH is 1. The lowest BCUT2D eigenvalue weighted by molar-refractivity contribution is -0.869. The van der Waals surface area contributed by atoms with E-state index < -0.39 is 18.6 Å². The van der Waals surface area contributed by atoms with Crippen molar-refractivity contribution < 1.29 is 29.1 Å². The molecular formula is C31H55N4O5+. The van der Waals surface area contributed by atoms with Crippen molar-refractivity contribution in [1.82, 2.24) is 10.2 Å². The third kappa shape index (κ3) is 6.67. The van der Waals surface area contributed by atoms with Crippen molar-refractivity contribution in [3.8, 4) is 0 Å². The fourth-order valence-electron chi connectivity index (χ4n) is 9.31. The van der Waals surface area contributed by atoms with Gasteiger partial charge in [-0.25, -0.2) is 4.79 Å². The zero-order valence-electron chi connectivity index (χ0n) is 25.8. The van der Waals surface area contributed by atoms with Gasteiger partial charge in [-0.1, -0.05) is 19.0 Å². The van der Waals surface area contributed by atoms with Crippen LogP contribution in [-0.4, -0.2) is 97.3 Å². The fraction of sp³-hybridized carbons (Fsp3) is 0.903. The van der Waals surface area contributed by atoms with Crippen LogP contribution >= 0.6 is 0 Å². The van der Waals surface area contributed by atoms with E-state index in [0.29, 0.717) is 23.8 Å². The molecule has 9 heteroatoms. The highest BCUT2D eigenvalue weighted by Gasteiger charge is 2.60. The molecule has 4 rings (SSSR count). The molecule has 228 valence electrons. The van der Waals surface area contributed by atoms with Crippen molar-refractivity contribution in [1.29, 1.82) is 0 Å². The number of carboxylic acid groups (broad SMARTS) is 1. The minimum absolute atomic E-state index is 0.114. The van der Waals surface area contributed by atoms with Crippen LogP contribution in [0.4, 0.5) is 4.79 Å². The SMILES string of the molecule is C/C(=N\OC(=O)N(CCNCC[N+](C)(C)C)CC(=O)O)[C@H]1CC[C@H]2[C@@H]3CC[C@@H]4C[C@@H](O)CC[C@]4(C)[C@H]3CC[C@]12C. The molecule has 0 aliphatic heterocycles. The smallest absolute Gasteiger partial charge is 0.436 e. The van der Waals surface area contributed by atoms with Gasteiger partial charge in [-0.05, 0) is 99.2 Å². The number of nitrogens with zero attached hydrogens (tertiary/aromatic N) is 3. The monoisotopic (exact) mass is 563 g/mol. The summed E-state index contributed by atoms with van der Waals surface area (Å²) in [5.74, 6) is 1.99. The average Bonchev–Trinajstić information content (AvgIpc) is 3.23. The molecule has 4 fully saturated rings. The predicted molar refractivity (Wildman–Crippen MR) is 156 cm³/mol. The van der Waals surface area contributed by atoms with Crippen LogP contribution in [0.3, 0.4) is 0 Å². The van der Waals surface area contributed by atoms with E-state index in [1.54, 1.807) is 0 Å². The Kier molecular flexibility index (Phi) is 9.57. The summed E-state index contributed by atoms with van der Waals surface area (Å²) in [6.45, 7) is 8.97. The molecule has 0 aromatic carbocycles. The first-order valence-corrected chi connectivity index (χ1v) is 15.7. The van der Waals surface area contributed by atoms with E-state index >= 15 is 0 Å². The van der Waals surface area contributed by atoms with E-state index in [2.05, 4.69) is 45.5 Å². The largest absolute Gasteiger partial charge is 0.480 e. The number of amides is 1. The van der Waals surface area contributed by atoms with E-state index in [0.717, 1.165) is 60.8 Å². The third-order valence-corrected chi connectivity index (χ3v) is 11.5. The van der Waals surface area contributed by atoms with Crippen LogP contribution in [0.1, 0.15) is 78.6 Å². The van der Waals surface area contributed by atoms with Gasteiger partial charge in [0.05, 0.1) is 39.5 Å². The minimum Gasteiger partial charge on any atom is -0.480 e.